The van der Waals surface area contributed by atoms with Gasteiger partial charge in [-0.3, -0.25) is 0 Å². The van der Waals surface area contributed by atoms with Crippen LogP contribution in [0.4, 0.5) is 0 Å². The van der Waals surface area contributed by atoms with Gasteiger partial charge in [-0.25, -0.2) is 0 Å². The maximum atomic E-state index is 9.69. The van der Waals surface area contributed by atoms with Crippen molar-refractivity contribution in [2.24, 2.45) is 5.92 Å². The molecule has 144 valence electrons. The van der Waals surface area contributed by atoms with Crippen LogP contribution < -0.4 is 0 Å². The van der Waals surface area contributed by atoms with Crippen molar-refractivity contribution in [3.8, 4) is 0 Å². The molecule has 0 aromatic carbocycles. The summed E-state index contributed by atoms with van der Waals surface area (Å²) in [6, 6.07) is 0. The smallest absolute Gasteiger partial charge is 0.112 e. The Hall–Kier alpha value is -0.200. The molecule has 0 unspecified atom stereocenters. The monoisotopic (exact) mass is 346 g/mol. The lowest BCUT2D eigenvalue weighted by molar-refractivity contribution is -0.217. The van der Waals surface area contributed by atoms with Crippen molar-refractivity contribution in [3.05, 3.63) is 0 Å². The molecule has 1 aliphatic heterocycles. The summed E-state index contributed by atoms with van der Waals surface area (Å²) in [5, 5.41) is 9.69. The molecule has 0 spiro atoms. The van der Waals surface area contributed by atoms with E-state index in [1.807, 2.05) is 0 Å². The lowest BCUT2D eigenvalue weighted by atomic mass is 9.92. The highest BCUT2D eigenvalue weighted by Gasteiger charge is 2.41. The van der Waals surface area contributed by atoms with Crippen molar-refractivity contribution >= 4 is 0 Å². The van der Waals surface area contributed by atoms with E-state index >= 15 is 0 Å². The van der Waals surface area contributed by atoms with E-state index < -0.39 is 0 Å². The second-order valence-electron chi connectivity index (χ2n) is 6.62. The molecule has 5 nitrogen and oxygen atoms in total. The predicted molar refractivity (Wildman–Crippen MR) is 95.3 cm³/mol. The van der Waals surface area contributed by atoms with Crippen LogP contribution >= 0.6 is 0 Å². The fourth-order valence-electron chi connectivity index (χ4n) is 2.82. The van der Waals surface area contributed by atoms with Crippen molar-refractivity contribution in [2.45, 2.75) is 77.6 Å². The van der Waals surface area contributed by atoms with E-state index in [1.54, 1.807) is 0 Å². The van der Waals surface area contributed by atoms with E-state index in [1.165, 1.54) is 0 Å². The van der Waals surface area contributed by atoms with Crippen molar-refractivity contribution in [1.29, 1.82) is 0 Å². The maximum absolute atomic E-state index is 9.69. The SMILES string of the molecule is CCCCOC[C@H]1OC[C@@H](CO)[C@@H](OCCCC)[C@H]1OCCCC. The fourth-order valence-corrected chi connectivity index (χ4v) is 2.82. The van der Waals surface area contributed by atoms with Gasteiger partial charge in [-0.2, -0.15) is 0 Å². The van der Waals surface area contributed by atoms with E-state index in [4.69, 9.17) is 18.9 Å². The second kappa shape index (κ2) is 14.0. The lowest BCUT2D eigenvalue weighted by Crippen LogP contribution is -2.55. The molecule has 0 aromatic rings. The topological polar surface area (TPSA) is 57.2 Å². The number of hydrogen-bond donors (Lipinski definition) is 1. The van der Waals surface area contributed by atoms with Crippen LogP contribution in [0.3, 0.4) is 0 Å². The van der Waals surface area contributed by atoms with Gasteiger partial charge in [-0.1, -0.05) is 40.0 Å². The molecule has 1 rings (SSSR count). The van der Waals surface area contributed by atoms with Crippen LogP contribution in [0.25, 0.3) is 0 Å². The highest BCUT2D eigenvalue weighted by atomic mass is 16.6. The first-order valence-electron chi connectivity index (χ1n) is 9.81. The molecule has 0 bridgehead atoms. The zero-order valence-electron chi connectivity index (χ0n) is 15.9. The molecule has 1 N–H and O–H groups in total. The summed E-state index contributed by atoms with van der Waals surface area (Å²) in [7, 11) is 0. The van der Waals surface area contributed by atoms with Crippen molar-refractivity contribution in [3.63, 3.8) is 0 Å². The molecule has 0 aromatic heterocycles. The minimum absolute atomic E-state index is 0.0274. The van der Waals surface area contributed by atoms with Crippen molar-refractivity contribution in [1.82, 2.24) is 0 Å². The minimum Gasteiger partial charge on any atom is -0.396 e. The Morgan fingerprint density at radius 3 is 2.04 bits per heavy atom. The lowest BCUT2D eigenvalue weighted by Gasteiger charge is -2.42. The van der Waals surface area contributed by atoms with Gasteiger partial charge in [-0.15, -0.1) is 0 Å². The summed E-state index contributed by atoms with van der Waals surface area (Å²) < 4.78 is 24.0. The summed E-state index contributed by atoms with van der Waals surface area (Å²) in [5.41, 5.74) is 0. The quantitative estimate of drug-likeness (QED) is 0.490. The Morgan fingerprint density at radius 2 is 1.46 bits per heavy atom. The molecule has 1 aliphatic rings. The standard InChI is InChI=1S/C19H38O5/c1-4-7-10-21-15-17-19(23-12-9-6-3)18(22-11-8-5-2)16(13-20)14-24-17/h16-20H,4-15H2,1-3H3/t16-,17-,18-,19+/m1/s1. The van der Waals surface area contributed by atoms with Crippen LogP contribution in [0.1, 0.15) is 59.3 Å². The number of ether oxygens (including phenoxy) is 4. The number of aliphatic hydroxyl groups is 1. The molecule has 0 radical (unpaired) electrons. The normalized spacial score (nSPS) is 27.5. The van der Waals surface area contributed by atoms with Crippen molar-refractivity contribution < 1.29 is 24.1 Å². The molecule has 24 heavy (non-hydrogen) atoms. The average molecular weight is 347 g/mol. The largest absolute Gasteiger partial charge is 0.396 e. The van der Waals surface area contributed by atoms with E-state index in [0.29, 0.717) is 26.4 Å². The van der Waals surface area contributed by atoms with E-state index in [2.05, 4.69) is 20.8 Å². The number of aliphatic hydroxyl groups excluding tert-OH is 1. The molecule has 1 saturated heterocycles. The molecular formula is C19H38O5. The number of rotatable bonds is 14. The Morgan fingerprint density at radius 1 is 0.875 bits per heavy atom. The van der Waals surface area contributed by atoms with Crippen LogP contribution in [-0.4, -0.2) is 63.1 Å². The molecular weight excluding hydrogens is 308 g/mol. The highest BCUT2D eigenvalue weighted by Crippen LogP contribution is 2.26. The third-order valence-electron chi connectivity index (χ3n) is 4.45. The maximum Gasteiger partial charge on any atom is 0.112 e. The third-order valence-corrected chi connectivity index (χ3v) is 4.45. The first-order chi connectivity index (χ1) is 11.8. The minimum atomic E-state index is -0.166. The van der Waals surface area contributed by atoms with Gasteiger partial charge in [0.15, 0.2) is 0 Å². The molecule has 0 amide bonds. The molecule has 1 fully saturated rings. The molecule has 4 atom stereocenters. The Balaban J connectivity index is 2.64. The van der Waals surface area contributed by atoms with Gasteiger partial charge in [-0.05, 0) is 19.3 Å². The summed E-state index contributed by atoms with van der Waals surface area (Å²) >= 11 is 0. The van der Waals surface area contributed by atoms with Gasteiger partial charge < -0.3 is 24.1 Å². The van der Waals surface area contributed by atoms with Gasteiger partial charge >= 0.3 is 0 Å². The predicted octanol–water partition coefficient (Wildman–Crippen LogP) is 3.18. The Kier molecular flexibility index (Phi) is 12.8. The molecule has 0 aliphatic carbocycles. The first-order valence-corrected chi connectivity index (χ1v) is 9.81. The summed E-state index contributed by atoms with van der Waals surface area (Å²) in [6.45, 7) is 9.70. The molecule has 0 saturated carbocycles. The van der Waals surface area contributed by atoms with Gasteiger partial charge in [0.05, 0.1) is 25.9 Å². The zero-order valence-corrected chi connectivity index (χ0v) is 15.9. The van der Waals surface area contributed by atoms with E-state index in [0.717, 1.165) is 45.1 Å². The summed E-state index contributed by atoms with van der Waals surface area (Å²) in [5.74, 6) is -0.0274. The number of hydrogen-bond acceptors (Lipinski definition) is 5. The van der Waals surface area contributed by atoms with Crippen LogP contribution in [-0.2, 0) is 18.9 Å². The van der Waals surface area contributed by atoms with Gasteiger partial charge in [0, 0.05) is 25.7 Å². The zero-order chi connectivity index (χ0) is 17.6. The van der Waals surface area contributed by atoms with Crippen LogP contribution in [0.5, 0.6) is 0 Å². The molecule has 5 heteroatoms. The third kappa shape index (κ3) is 7.79. The van der Waals surface area contributed by atoms with Crippen molar-refractivity contribution in [2.75, 3.05) is 39.6 Å². The van der Waals surface area contributed by atoms with Gasteiger partial charge in [0.1, 0.15) is 12.2 Å². The van der Waals surface area contributed by atoms with Gasteiger partial charge in [0.2, 0.25) is 0 Å². The first kappa shape index (κ1) is 21.8. The number of unbranched alkanes of at least 4 members (excludes halogenated alkanes) is 3. The fraction of sp³-hybridized carbons (Fsp3) is 1.00. The van der Waals surface area contributed by atoms with E-state index in [-0.39, 0.29) is 30.8 Å². The van der Waals surface area contributed by atoms with Crippen LogP contribution in [0.2, 0.25) is 0 Å². The van der Waals surface area contributed by atoms with Crippen LogP contribution in [0.15, 0.2) is 0 Å². The second-order valence-corrected chi connectivity index (χ2v) is 6.62. The highest BCUT2D eigenvalue weighted by molar-refractivity contribution is 4.89. The Bertz CT molecular complexity index is 287. The summed E-state index contributed by atoms with van der Waals surface area (Å²) in [6.07, 6.45) is 6.01. The van der Waals surface area contributed by atoms with E-state index in [9.17, 15) is 5.11 Å². The molecule has 1 heterocycles. The van der Waals surface area contributed by atoms with Crippen LogP contribution in [0, 0.1) is 5.92 Å². The average Bonchev–Trinajstić information content (AvgIpc) is 2.60. The van der Waals surface area contributed by atoms with Gasteiger partial charge in [0.25, 0.3) is 0 Å². The Labute approximate surface area is 148 Å². The summed E-state index contributed by atoms with van der Waals surface area (Å²) in [4.78, 5) is 0.